The maximum absolute atomic E-state index is 12.3. The van der Waals surface area contributed by atoms with Crippen molar-refractivity contribution in [3.05, 3.63) is 64.9 Å². The molecule has 29 heavy (non-hydrogen) atoms. The molecule has 3 amide bonds. The normalized spacial score (nSPS) is 10.6. The van der Waals surface area contributed by atoms with Crippen LogP contribution < -0.4 is 10.6 Å². The Morgan fingerprint density at radius 2 is 1.72 bits per heavy atom. The molecule has 0 saturated carbocycles. The van der Waals surface area contributed by atoms with Gasteiger partial charge in [-0.3, -0.25) is 20.1 Å². The van der Waals surface area contributed by atoms with Gasteiger partial charge in [-0.05, 0) is 50.2 Å². The van der Waals surface area contributed by atoms with Gasteiger partial charge in [0, 0.05) is 23.6 Å². The number of carbonyl (C=O) groups excluding carboxylic acids is 3. The molecule has 2 aromatic carbocycles. The zero-order valence-electron chi connectivity index (χ0n) is 15.6. The number of carbonyl (C=O) groups is 3. The van der Waals surface area contributed by atoms with Crippen molar-refractivity contribution >= 4 is 46.2 Å². The summed E-state index contributed by atoms with van der Waals surface area (Å²) in [5.41, 5.74) is 1.81. The molecular formula is C20H17ClN4O4. The van der Waals surface area contributed by atoms with Crippen molar-refractivity contribution in [3.63, 3.8) is 0 Å². The van der Waals surface area contributed by atoms with Crippen molar-refractivity contribution in [2.24, 2.45) is 0 Å². The monoisotopic (exact) mass is 412 g/mol. The number of amides is 3. The summed E-state index contributed by atoms with van der Waals surface area (Å²) < 4.78 is 5.12. The lowest BCUT2D eigenvalue weighted by atomic mass is 10.2. The topological polar surface area (TPSA) is 110 Å². The first-order valence-corrected chi connectivity index (χ1v) is 9.05. The van der Waals surface area contributed by atoms with Gasteiger partial charge in [-0.15, -0.1) is 0 Å². The molecule has 3 aromatic rings. The number of esters is 1. The van der Waals surface area contributed by atoms with Gasteiger partial charge in [-0.1, -0.05) is 11.6 Å². The van der Waals surface area contributed by atoms with Gasteiger partial charge in [0.05, 0.1) is 27.7 Å². The highest BCUT2D eigenvalue weighted by Crippen LogP contribution is 2.22. The van der Waals surface area contributed by atoms with Crippen molar-refractivity contribution in [2.45, 2.75) is 20.0 Å². The zero-order valence-corrected chi connectivity index (χ0v) is 16.4. The minimum Gasteiger partial charge on any atom is -0.459 e. The Morgan fingerprint density at radius 3 is 2.45 bits per heavy atom. The summed E-state index contributed by atoms with van der Waals surface area (Å²) in [6.07, 6.45) is 2.74. The number of fused-ring (bicyclic) bond motifs is 1. The van der Waals surface area contributed by atoms with E-state index < -0.39 is 17.9 Å². The third-order valence-electron chi connectivity index (χ3n) is 3.75. The van der Waals surface area contributed by atoms with Gasteiger partial charge in [0.2, 0.25) is 0 Å². The number of nitrogens with one attached hydrogen (secondary N) is 2. The minimum atomic E-state index is -0.764. The van der Waals surface area contributed by atoms with Crippen molar-refractivity contribution in [3.8, 4) is 0 Å². The number of anilines is 1. The lowest BCUT2D eigenvalue weighted by molar-refractivity contribution is 0.0378. The van der Waals surface area contributed by atoms with Gasteiger partial charge in [0.1, 0.15) is 0 Å². The highest BCUT2D eigenvalue weighted by Gasteiger charge is 2.16. The highest BCUT2D eigenvalue weighted by atomic mass is 35.5. The van der Waals surface area contributed by atoms with Gasteiger partial charge in [-0.25, -0.2) is 9.59 Å². The molecule has 1 aromatic heterocycles. The molecular weight excluding hydrogens is 396 g/mol. The van der Waals surface area contributed by atoms with Crippen LogP contribution in [0, 0.1) is 0 Å². The van der Waals surface area contributed by atoms with E-state index >= 15 is 0 Å². The Labute approximate surface area is 171 Å². The number of hydrogen-bond donors (Lipinski definition) is 2. The van der Waals surface area contributed by atoms with Crippen LogP contribution in [0.15, 0.2) is 48.8 Å². The maximum Gasteiger partial charge on any atom is 0.339 e. The summed E-state index contributed by atoms with van der Waals surface area (Å²) in [5.74, 6) is -1.22. The summed E-state index contributed by atoms with van der Waals surface area (Å²) in [5, 5.41) is 4.90. The van der Waals surface area contributed by atoms with Gasteiger partial charge in [-0.2, -0.15) is 0 Å². The van der Waals surface area contributed by atoms with E-state index in [4.69, 9.17) is 16.3 Å². The van der Waals surface area contributed by atoms with E-state index in [2.05, 4.69) is 20.6 Å². The number of halogens is 1. The van der Waals surface area contributed by atoms with Crippen LogP contribution in [0.2, 0.25) is 5.02 Å². The summed E-state index contributed by atoms with van der Waals surface area (Å²) in [7, 11) is 0. The van der Waals surface area contributed by atoms with Crippen LogP contribution in [-0.2, 0) is 4.74 Å². The van der Waals surface area contributed by atoms with Crippen molar-refractivity contribution in [1.82, 2.24) is 15.3 Å². The van der Waals surface area contributed by atoms with Crippen LogP contribution in [-0.4, -0.2) is 34.0 Å². The molecule has 2 N–H and O–H groups in total. The lowest BCUT2D eigenvalue weighted by Gasteiger charge is -2.11. The number of hydrogen-bond acceptors (Lipinski definition) is 6. The van der Waals surface area contributed by atoms with E-state index in [0.29, 0.717) is 11.0 Å². The van der Waals surface area contributed by atoms with E-state index in [-0.39, 0.29) is 27.9 Å². The molecule has 0 aliphatic carbocycles. The molecule has 0 atom stereocenters. The molecule has 9 heteroatoms. The van der Waals surface area contributed by atoms with Crippen LogP contribution in [0.25, 0.3) is 11.0 Å². The molecule has 8 nitrogen and oxygen atoms in total. The minimum absolute atomic E-state index is 0.109. The Hall–Kier alpha value is -3.52. The van der Waals surface area contributed by atoms with Crippen molar-refractivity contribution < 1.29 is 19.1 Å². The molecule has 1 heterocycles. The average molecular weight is 413 g/mol. The van der Waals surface area contributed by atoms with Crippen molar-refractivity contribution in [2.75, 3.05) is 5.32 Å². The number of aromatic nitrogens is 2. The van der Waals surface area contributed by atoms with Gasteiger partial charge in [0.25, 0.3) is 5.91 Å². The number of nitrogens with zero attached hydrogens (tertiary/aromatic N) is 2. The van der Waals surface area contributed by atoms with Crippen LogP contribution in [0.4, 0.5) is 10.5 Å². The fourth-order valence-corrected chi connectivity index (χ4v) is 2.67. The zero-order chi connectivity index (χ0) is 21.0. The van der Waals surface area contributed by atoms with E-state index in [1.807, 2.05) is 0 Å². The second-order valence-corrected chi connectivity index (χ2v) is 6.72. The van der Waals surface area contributed by atoms with Crippen molar-refractivity contribution in [1.29, 1.82) is 0 Å². The summed E-state index contributed by atoms with van der Waals surface area (Å²) >= 11 is 6.03. The van der Waals surface area contributed by atoms with Gasteiger partial charge >= 0.3 is 12.0 Å². The van der Waals surface area contributed by atoms with Gasteiger partial charge < -0.3 is 10.1 Å². The summed E-state index contributed by atoms with van der Waals surface area (Å²) in [6, 6.07) is 8.29. The largest absolute Gasteiger partial charge is 0.459 e. The molecule has 0 spiro atoms. The average Bonchev–Trinajstić information content (AvgIpc) is 2.68. The Morgan fingerprint density at radius 1 is 1.00 bits per heavy atom. The fourth-order valence-electron chi connectivity index (χ4n) is 2.48. The molecule has 148 valence electrons. The SMILES string of the molecule is CC(C)OC(=O)c1cc(NC(=O)NC(=O)c2ccc3nccnc3c2)ccc1Cl. The maximum atomic E-state index is 12.3. The number of rotatable bonds is 4. The summed E-state index contributed by atoms with van der Waals surface area (Å²) in [4.78, 5) is 44.8. The first kappa shape index (κ1) is 20.2. The number of imide groups is 1. The Kier molecular flexibility index (Phi) is 6.04. The number of urea groups is 1. The number of ether oxygens (including phenoxy) is 1. The smallest absolute Gasteiger partial charge is 0.339 e. The lowest BCUT2D eigenvalue weighted by Crippen LogP contribution is -2.34. The molecule has 0 unspecified atom stereocenters. The molecule has 0 aliphatic rings. The first-order valence-electron chi connectivity index (χ1n) is 8.67. The van der Waals surface area contributed by atoms with Gasteiger partial charge in [0.15, 0.2) is 0 Å². The van der Waals surface area contributed by atoms with E-state index in [1.165, 1.54) is 30.5 Å². The third kappa shape index (κ3) is 5.05. The summed E-state index contributed by atoms with van der Waals surface area (Å²) in [6.45, 7) is 3.43. The predicted octanol–water partition coefficient (Wildman–Crippen LogP) is 3.81. The van der Waals surface area contributed by atoms with E-state index in [9.17, 15) is 14.4 Å². The standard InChI is InChI=1S/C20H17ClN4O4/c1-11(2)29-19(27)14-10-13(4-5-15(14)21)24-20(28)25-18(26)12-3-6-16-17(9-12)23-8-7-22-16/h3-11H,1-2H3,(H2,24,25,26,28). The van der Waals surface area contributed by atoms with Crippen LogP contribution in [0.1, 0.15) is 34.6 Å². The molecule has 0 bridgehead atoms. The molecule has 0 fully saturated rings. The molecule has 0 radical (unpaired) electrons. The second kappa shape index (κ2) is 8.66. The highest BCUT2D eigenvalue weighted by molar-refractivity contribution is 6.33. The Bertz CT molecular complexity index is 1100. The van der Waals surface area contributed by atoms with Crippen LogP contribution in [0.3, 0.4) is 0 Å². The molecule has 0 saturated heterocycles. The third-order valence-corrected chi connectivity index (χ3v) is 4.08. The predicted molar refractivity (Wildman–Crippen MR) is 108 cm³/mol. The molecule has 3 rings (SSSR count). The first-order chi connectivity index (χ1) is 13.8. The van der Waals surface area contributed by atoms with Crippen LogP contribution >= 0.6 is 11.6 Å². The fraction of sp³-hybridized carbons (Fsp3) is 0.150. The van der Waals surface area contributed by atoms with E-state index in [0.717, 1.165) is 0 Å². The van der Waals surface area contributed by atoms with E-state index in [1.54, 1.807) is 32.2 Å². The van der Waals surface area contributed by atoms with Crippen LogP contribution in [0.5, 0.6) is 0 Å². The quantitative estimate of drug-likeness (QED) is 0.630. The Balaban J connectivity index is 1.69. The molecule has 0 aliphatic heterocycles. The number of benzene rings is 2. The second-order valence-electron chi connectivity index (χ2n) is 6.32.